The van der Waals surface area contributed by atoms with E-state index in [9.17, 15) is 9.59 Å². The fourth-order valence-electron chi connectivity index (χ4n) is 4.11. The van der Waals surface area contributed by atoms with Crippen LogP contribution in [0.4, 0.5) is 21.0 Å². The molecule has 0 saturated heterocycles. The number of anilines is 2. The first-order valence-electron chi connectivity index (χ1n) is 10.9. The molecule has 0 aliphatic heterocycles. The van der Waals surface area contributed by atoms with Crippen LogP contribution in [0.15, 0.2) is 36.4 Å². The number of rotatable bonds is 6. The number of amides is 4. The lowest BCUT2D eigenvalue weighted by atomic mass is 9.81. The molecule has 1 aliphatic rings. The Balaban J connectivity index is 1.40. The number of hydrogen-bond donors (Lipinski definition) is 4. The van der Waals surface area contributed by atoms with Crippen molar-refractivity contribution in [2.75, 3.05) is 23.7 Å². The zero-order chi connectivity index (χ0) is 23.1. The van der Waals surface area contributed by atoms with E-state index in [1.807, 2.05) is 26.0 Å². The smallest absolute Gasteiger partial charge is 0.319 e. The Labute approximate surface area is 199 Å². The van der Waals surface area contributed by atoms with Gasteiger partial charge in [0, 0.05) is 34.5 Å². The molecule has 0 aromatic heterocycles. The Morgan fingerprint density at radius 2 is 1.25 bits per heavy atom. The maximum atomic E-state index is 12.3. The van der Waals surface area contributed by atoms with E-state index < -0.39 is 0 Å². The molecular weight excluding hydrogens is 447 g/mol. The topological polar surface area (TPSA) is 82.3 Å². The van der Waals surface area contributed by atoms with Crippen LogP contribution in [0.25, 0.3) is 0 Å². The van der Waals surface area contributed by atoms with Gasteiger partial charge < -0.3 is 21.3 Å². The molecule has 0 spiro atoms. The summed E-state index contributed by atoms with van der Waals surface area (Å²) in [5.74, 6) is 0.795. The monoisotopic (exact) mass is 476 g/mol. The van der Waals surface area contributed by atoms with Crippen molar-refractivity contribution in [3.8, 4) is 0 Å². The van der Waals surface area contributed by atoms with Gasteiger partial charge in [0.15, 0.2) is 0 Å². The van der Waals surface area contributed by atoms with Gasteiger partial charge >= 0.3 is 12.1 Å². The van der Waals surface area contributed by atoms with Gasteiger partial charge in [-0.3, -0.25) is 0 Å². The summed E-state index contributed by atoms with van der Waals surface area (Å²) in [6.45, 7) is 5.05. The van der Waals surface area contributed by atoms with Crippen LogP contribution >= 0.6 is 23.2 Å². The van der Waals surface area contributed by atoms with Crippen molar-refractivity contribution in [1.29, 1.82) is 0 Å². The summed E-state index contributed by atoms with van der Waals surface area (Å²) in [5.41, 5.74) is 3.34. The van der Waals surface area contributed by atoms with E-state index in [2.05, 4.69) is 21.3 Å². The maximum absolute atomic E-state index is 12.3. The molecular formula is C24H30Cl2N4O2. The van der Waals surface area contributed by atoms with Crippen molar-refractivity contribution < 1.29 is 9.59 Å². The molecule has 0 heterocycles. The average molecular weight is 477 g/mol. The van der Waals surface area contributed by atoms with Gasteiger partial charge in [-0.1, -0.05) is 29.6 Å². The van der Waals surface area contributed by atoms with E-state index in [1.165, 1.54) is 0 Å². The van der Waals surface area contributed by atoms with Crippen LogP contribution in [0.3, 0.4) is 0 Å². The first-order chi connectivity index (χ1) is 15.3. The minimum absolute atomic E-state index is 0.214. The quantitative estimate of drug-likeness (QED) is 0.391. The maximum Gasteiger partial charge on any atom is 0.319 e. The Morgan fingerprint density at radius 3 is 1.66 bits per heavy atom. The third-order valence-electron chi connectivity index (χ3n) is 5.87. The summed E-state index contributed by atoms with van der Waals surface area (Å²) in [7, 11) is 0. The first-order valence-corrected chi connectivity index (χ1v) is 11.7. The van der Waals surface area contributed by atoms with E-state index in [0.29, 0.717) is 35.0 Å². The van der Waals surface area contributed by atoms with Crippen molar-refractivity contribution in [2.45, 2.75) is 39.5 Å². The SMILES string of the molecule is Cc1cc(Cl)ccc1NC(=O)NC[C@H]1CCC[C@H](CNC(=O)Nc2ccc(Cl)cc2C)C1. The van der Waals surface area contributed by atoms with Crippen molar-refractivity contribution >= 4 is 46.6 Å². The van der Waals surface area contributed by atoms with E-state index >= 15 is 0 Å². The summed E-state index contributed by atoms with van der Waals surface area (Å²) < 4.78 is 0. The zero-order valence-corrected chi connectivity index (χ0v) is 19.9. The molecule has 1 aliphatic carbocycles. The highest BCUT2D eigenvalue weighted by atomic mass is 35.5. The number of aryl methyl sites for hydroxylation is 2. The molecule has 0 radical (unpaired) electrons. The van der Waals surface area contributed by atoms with Crippen LogP contribution in [0.5, 0.6) is 0 Å². The molecule has 2 aromatic rings. The minimum atomic E-state index is -0.214. The van der Waals surface area contributed by atoms with Crippen LogP contribution in [-0.2, 0) is 0 Å². The summed E-state index contributed by atoms with van der Waals surface area (Å²) in [5, 5.41) is 13.0. The Kier molecular flexibility index (Phi) is 8.65. The van der Waals surface area contributed by atoms with Crippen molar-refractivity contribution in [3.05, 3.63) is 57.6 Å². The fourth-order valence-corrected chi connectivity index (χ4v) is 4.57. The molecule has 32 heavy (non-hydrogen) atoms. The summed E-state index contributed by atoms with van der Waals surface area (Å²) >= 11 is 11.9. The lowest BCUT2D eigenvalue weighted by Crippen LogP contribution is -2.38. The highest BCUT2D eigenvalue weighted by Gasteiger charge is 2.23. The van der Waals surface area contributed by atoms with Gasteiger partial charge in [-0.05, 0) is 92.5 Å². The predicted octanol–water partition coefficient (Wildman–Crippen LogP) is 6.36. The number of nitrogens with one attached hydrogen (secondary N) is 4. The van der Waals surface area contributed by atoms with Crippen molar-refractivity contribution in [2.24, 2.45) is 11.8 Å². The molecule has 4 N–H and O–H groups in total. The van der Waals surface area contributed by atoms with Crippen LogP contribution in [0.1, 0.15) is 36.8 Å². The van der Waals surface area contributed by atoms with Crippen molar-refractivity contribution in [3.63, 3.8) is 0 Å². The standard InChI is InChI=1S/C24H30Cl2N4O2/c1-15-10-19(25)6-8-21(15)29-23(31)27-13-17-4-3-5-18(12-17)14-28-24(32)30-22-9-7-20(26)11-16(22)2/h6-11,17-18H,3-5,12-14H2,1-2H3,(H2,27,29,31)(H2,28,30,32)/t17-,18-/m0/s1. The van der Waals surface area contributed by atoms with Crippen LogP contribution in [-0.4, -0.2) is 25.2 Å². The lowest BCUT2D eigenvalue weighted by molar-refractivity contribution is 0.230. The number of carbonyl (C=O) groups excluding carboxylic acids is 2. The van der Waals surface area contributed by atoms with Gasteiger partial charge in [-0.25, -0.2) is 9.59 Å². The van der Waals surface area contributed by atoms with E-state index in [0.717, 1.165) is 48.2 Å². The minimum Gasteiger partial charge on any atom is -0.338 e. The molecule has 172 valence electrons. The third kappa shape index (κ3) is 7.31. The molecule has 4 amide bonds. The largest absolute Gasteiger partial charge is 0.338 e. The molecule has 0 bridgehead atoms. The summed E-state index contributed by atoms with van der Waals surface area (Å²) in [4.78, 5) is 24.6. The van der Waals surface area contributed by atoms with Crippen molar-refractivity contribution in [1.82, 2.24) is 10.6 Å². The van der Waals surface area contributed by atoms with E-state index in [4.69, 9.17) is 23.2 Å². The Hall–Kier alpha value is -2.44. The summed E-state index contributed by atoms with van der Waals surface area (Å²) in [6.07, 6.45) is 4.22. The van der Waals surface area contributed by atoms with Gasteiger partial charge in [-0.2, -0.15) is 0 Å². The third-order valence-corrected chi connectivity index (χ3v) is 6.34. The number of halogens is 2. The summed E-state index contributed by atoms with van der Waals surface area (Å²) in [6, 6.07) is 10.3. The molecule has 6 nitrogen and oxygen atoms in total. The molecule has 0 unspecified atom stereocenters. The highest BCUT2D eigenvalue weighted by molar-refractivity contribution is 6.31. The molecule has 1 saturated carbocycles. The van der Waals surface area contributed by atoms with Crippen LogP contribution in [0, 0.1) is 25.7 Å². The first kappa shape index (κ1) is 24.2. The number of hydrogen-bond acceptors (Lipinski definition) is 2. The molecule has 1 fully saturated rings. The molecule has 2 aromatic carbocycles. The van der Waals surface area contributed by atoms with Gasteiger partial charge in [0.1, 0.15) is 0 Å². The van der Waals surface area contributed by atoms with Gasteiger partial charge in [0.05, 0.1) is 0 Å². The van der Waals surface area contributed by atoms with Gasteiger partial charge in [-0.15, -0.1) is 0 Å². The molecule has 8 heteroatoms. The lowest BCUT2D eigenvalue weighted by Gasteiger charge is -2.29. The zero-order valence-electron chi connectivity index (χ0n) is 18.4. The van der Waals surface area contributed by atoms with E-state index in [1.54, 1.807) is 24.3 Å². The fraction of sp³-hybridized carbons (Fsp3) is 0.417. The second-order valence-corrected chi connectivity index (χ2v) is 9.36. The van der Waals surface area contributed by atoms with E-state index in [-0.39, 0.29) is 12.1 Å². The highest BCUT2D eigenvalue weighted by Crippen LogP contribution is 2.28. The average Bonchev–Trinajstić information content (AvgIpc) is 2.75. The Bertz CT molecular complexity index is 892. The second kappa shape index (κ2) is 11.4. The molecule has 2 atom stereocenters. The number of urea groups is 2. The van der Waals surface area contributed by atoms with Gasteiger partial charge in [0.25, 0.3) is 0 Å². The van der Waals surface area contributed by atoms with Gasteiger partial charge in [0.2, 0.25) is 0 Å². The second-order valence-electron chi connectivity index (χ2n) is 8.49. The van der Waals surface area contributed by atoms with Crippen LogP contribution < -0.4 is 21.3 Å². The Morgan fingerprint density at radius 1 is 0.812 bits per heavy atom. The van der Waals surface area contributed by atoms with Crippen LogP contribution in [0.2, 0.25) is 10.0 Å². The predicted molar refractivity (Wildman–Crippen MR) is 132 cm³/mol. The molecule has 3 rings (SSSR count). The normalized spacial score (nSPS) is 18.0. The number of benzene rings is 2. The number of carbonyl (C=O) groups is 2.